The van der Waals surface area contributed by atoms with E-state index in [1.165, 1.54) is 0 Å². The van der Waals surface area contributed by atoms with Gasteiger partial charge in [0.1, 0.15) is 19.8 Å². The molecule has 1 fully saturated rings. The number of aliphatic hydroxyl groups is 3. The molecule has 0 aromatic heterocycles. The number of quaternary nitrogens is 1. The number of phosphoric acid groups is 1. The Morgan fingerprint density at radius 1 is 0.766 bits per heavy atom. The van der Waals surface area contributed by atoms with Crippen LogP contribution in [0.3, 0.4) is 0 Å². The molecule has 1 aliphatic heterocycles. The summed E-state index contributed by atoms with van der Waals surface area (Å²) in [5.41, 5.74) is 0. The first-order valence-electron chi connectivity index (χ1n) is 23.3. The van der Waals surface area contributed by atoms with Crippen molar-refractivity contribution in [2.24, 2.45) is 5.92 Å². The van der Waals surface area contributed by atoms with Crippen LogP contribution in [0.1, 0.15) is 123 Å². The van der Waals surface area contributed by atoms with Gasteiger partial charge in [0.15, 0.2) is 12.4 Å². The zero-order chi connectivity index (χ0) is 47.3. The Labute approximate surface area is 385 Å². The maximum Gasteiger partial charge on any atom is 0.306 e. The Kier molecular flexibility index (Phi) is 33.9. The minimum atomic E-state index is -4.73. The Bertz CT molecular complexity index is 1530. The molecule has 0 aromatic rings. The van der Waals surface area contributed by atoms with Gasteiger partial charge in [-0.05, 0) is 70.6 Å². The summed E-state index contributed by atoms with van der Waals surface area (Å²) in [6, 6.07) is 0. The standard InChI is InChI=1S/C50H82NO12P/c1-6-8-10-11-12-13-14-15-16-17-18-19-20-21-22-23-24-25-30-34-48(54)59-41-44(42-61-64(57,58)60-39-38-51(3,4)5)62-49(55)35-31-27-26-29-33-45-46(53)40-50(56)63-47(45)37-36-43(52)32-28-9-7-2/h8,10,12-13,15-16,18-19,21-22,24-26,29,36-37,43-47,50,52-53,56H,6-7,9,11,14,17,20,23,27-28,30-35,38-42H2,1-5H3/b10-8-,13-12-,16-15-,19-18-,22-21-,25-24-,29-26-,37-36+/t43-,44+,45-,46-,47+,50?/m0/s1. The first-order valence-corrected chi connectivity index (χ1v) is 24.8. The van der Waals surface area contributed by atoms with Gasteiger partial charge in [-0.1, -0.05) is 130 Å². The largest absolute Gasteiger partial charge is 0.756 e. The van der Waals surface area contributed by atoms with E-state index >= 15 is 0 Å². The fraction of sp³-hybridized carbons (Fsp3) is 0.640. The quantitative estimate of drug-likeness (QED) is 0.0179. The molecule has 13 nitrogen and oxygen atoms in total. The number of esters is 2. The minimum absolute atomic E-state index is 0.00907. The molecule has 0 saturated carbocycles. The number of carbonyl (C=O) groups is 2. The third kappa shape index (κ3) is 34.2. The highest BCUT2D eigenvalue weighted by Gasteiger charge is 2.35. The number of aliphatic hydroxyl groups excluding tert-OH is 3. The van der Waals surface area contributed by atoms with Gasteiger partial charge in [0.05, 0.1) is 46.1 Å². The second-order valence-corrected chi connectivity index (χ2v) is 18.3. The maximum atomic E-state index is 12.8. The first-order chi connectivity index (χ1) is 30.7. The number of phosphoric ester groups is 1. The van der Waals surface area contributed by atoms with Crippen LogP contribution in [0.5, 0.6) is 0 Å². The van der Waals surface area contributed by atoms with E-state index in [-0.39, 0.29) is 38.4 Å². The van der Waals surface area contributed by atoms with Gasteiger partial charge in [0, 0.05) is 25.2 Å². The van der Waals surface area contributed by atoms with Crippen molar-refractivity contribution >= 4 is 19.8 Å². The Morgan fingerprint density at radius 2 is 1.36 bits per heavy atom. The Hall–Kier alpha value is -3.23. The van der Waals surface area contributed by atoms with Crippen LogP contribution < -0.4 is 4.89 Å². The molecule has 14 heteroatoms. The van der Waals surface area contributed by atoms with E-state index < -0.39 is 57.1 Å². The lowest BCUT2D eigenvalue weighted by Crippen LogP contribution is -2.43. The van der Waals surface area contributed by atoms with E-state index in [0.29, 0.717) is 43.1 Å². The van der Waals surface area contributed by atoms with Gasteiger partial charge < -0.3 is 48.0 Å². The van der Waals surface area contributed by atoms with E-state index in [2.05, 4.69) is 74.6 Å². The average Bonchev–Trinajstić information content (AvgIpc) is 3.23. The summed E-state index contributed by atoms with van der Waals surface area (Å²) in [5, 5.41) is 31.0. The average molecular weight is 920 g/mol. The molecule has 7 atom stereocenters. The summed E-state index contributed by atoms with van der Waals surface area (Å²) < 4.78 is 39.5. The molecule has 1 heterocycles. The zero-order valence-corrected chi connectivity index (χ0v) is 40.4. The Morgan fingerprint density at radius 3 is 1.95 bits per heavy atom. The summed E-state index contributed by atoms with van der Waals surface area (Å²) in [5.74, 6) is -1.47. The molecular weight excluding hydrogens is 838 g/mol. The highest BCUT2D eigenvalue weighted by Crippen LogP contribution is 2.38. The number of likely N-dealkylation sites (N-methyl/N-ethyl adjacent to an activating group) is 1. The number of allylic oxidation sites excluding steroid dienone is 14. The molecule has 64 heavy (non-hydrogen) atoms. The van der Waals surface area contributed by atoms with Crippen LogP contribution in [0.4, 0.5) is 0 Å². The molecule has 0 bridgehead atoms. The number of ether oxygens (including phenoxy) is 3. The van der Waals surface area contributed by atoms with Crippen LogP contribution in [-0.4, -0.2) is 110 Å². The van der Waals surface area contributed by atoms with E-state index in [9.17, 15) is 34.4 Å². The van der Waals surface area contributed by atoms with E-state index in [4.69, 9.17) is 23.3 Å². The van der Waals surface area contributed by atoms with Crippen LogP contribution in [0.15, 0.2) is 97.2 Å². The highest BCUT2D eigenvalue weighted by molar-refractivity contribution is 7.45. The molecule has 0 aliphatic carbocycles. The summed E-state index contributed by atoms with van der Waals surface area (Å²) in [6.07, 6.45) is 39.3. The fourth-order valence-corrected chi connectivity index (χ4v) is 6.92. The third-order valence-corrected chi connectivity index (χ3v) is 10.9. The van der Waals surface area contributed by atoms with Crippen molar-refractivity contribution in [3.05, 3.63) is 97.2 Å². The molecule has 1 rings (SSSR count). The topological polar surface area (TPSA) is 181 Å². The van der Waals surface area contributed by atoms with E-state index in [1.807, 2.05) is 45.4 Å². The molecule has 2 unspecified atom stereocenters. The molecule has 0 aromatic carbocycles. The van der Waals surface area contributed by atoms with Crippen molar-refractivity contribution in [3.63, 3.8) is 0 Å². The SMILES string of the molecule is CC/C=C\C/C=C\C/C=C\C/C=C\C/C=C\C/C=C\CCC(=O)OC[C@H](COP(=O)([O-])OCC[N+](C)(C)C)OC(=O)CCC/C=C\C[C@H]1[C@@H](O)CC(O)O[C@@H]1/C=C/[C@@H](O)CCCCC. The predicted molar refractivity (Wildman–Crippen MR) is 253 cm³/mol. The van der Waals surface area contributed by atoms with E-state index in [1.54, 1.807) is 12.2 Å². The number of rotatable bonds is 36. The highest BCUT2D eigenvalue weighted by atomic mass is 31.2. The monoisotopic (exact) mass is 920 g/mol. The van der Waals surface area contributed by atoms with Crippen LogP contribution in [0.2, 0.25) is 0 Å². The summed E-state index contributed by atoms with van der Waals surface area (Å²) in [6.45, 7) is 3.57. The lowest BCUT2D eigenvalue weighted by molar-refractivity contribution is -0.870. The fourth-order valence-electron chi connectivity index (χ4n) is 6.19. The number of hydrogen-bond donors (Lipinski definition) is 3. The smallest absolute Gasteiger partial charge is 0.306 e. The lowest BCUT2D eigenvalue weighted by Gasteiger charge is -2.36. The molecule has 1 saturated heterocycles. The number of unbranched alkanes of at least 4 members (excludes halogenated alkanes) is 3. The van der Waals surface area contributed by atoms with Gasteiger partial charge in [0.2, 0.25) is 0 Å². The zero-order valence-electron chi connectivity index (χ0n) is 39.5. The normalized spacial score (nSPS) is 20.9. The molecule has 364 valence electrons. The van der Waals surface area contributed by atoms with Gasteiger partial charge in [-0.3, -0.25) is 14.2 Å². The maximum absolute atomic E-state index is 12.8. The van der Waals surface area contributed by atoms with Crippen LogP contribution in [-0.2, 0) is 37.4 Å². The molecule has 0 spiro atoms. The van der Waals surface area contributed by atoms with Gasteiger partial charge in [-0.15, -0.1) is 0 Å². The van der Waals surface area contributed by atoms with Gasteiger partial charge >= 0.3 is 11.9 Å². The summed E-state index contributed by atoms with van der Waals surface area (Å²) in [7, 11) is 0.941. The second kappa shape index (κ2) is 36.9. The van der Waals surface area contributed by atoms with Crippen molar-refractivity contribution in [3.8, 4) is 0 Å². The van der Waals surface area contributed by atoms with Gasteiger partial charge in [0.25, 0.3) is 7.82 Å². The van der Waals surface area contributed by atoms with Crippen LogP contribution >= 0.6 is 7.82 Å². The molecule has 0 amide bonds. The number of hydrogen-bond acceptors (Lipinski definition) is 12. The number of carbonyl (C=O) groups excluding carboxylic acids is 2. The Balaban J connectivity index is 2.57. The molecular formula is C50H82NO12P. The van der Waals surface area contributed by atoms with Crippen molar-refractivity contribution in [2.75, 3.05) is 47.5 Å². The van der Waals surface area contributed by atoms with E-state index in [0.717, 1.165) is 57.8 Å². The summed E-state index contributed by atoms with van der Waals surface area (Å²) >= 11 is 0. The van der Waals surface area contributed by atoms with Gasteiger partial charge in [-0.2, -0.15) is 0 Å². The van der Waals surface area contributed by atoms with Crippen LogP contribution in [0, 0.1) is 5.92 Å². The van der Waals surface area contributed by atoms with Crippen LogP contribution in [0.25, 0.3) is 0 Å². The lowest BCUT2D eigenvalue weighted by atomic mass is 9.87. The number of nitrogens with zero attached hydrogens (tertiary/aromatic N) is 1. The van der Waals surface area contributed by atoms with Gasteiger partial charge in [-0.25, -0.2) is 0 Å². The third-order valence-electron chi connectivity index (χ3n) is 9.90. The van der Waals surface area contributed by atoms with Crippen molar-refractivity contribution in [1.82, 2.24) is 0 Å². The second-order valence-electron chi connectivity index (χ2n) is 16.9. The first kappa shape index (κ1) is 58.8. The summed E-state index contributed by atoms with van der Waals surface area (Å²) in [4.78, 5) is 37.8. The molecule has 3 N–H and O–H groups in total. The molecule has 1 aliphatic rings. The minimum Gasteiger partial charge on any atom is -0.756 e. The van der Waals surface area contributed by atoms with Crippen molar-refractivity contribution in [1.29, 1.82) is 0 Å². The van der Waals surface area contributed by atoms with Crippen molar-refractivity contribution < 1.29 is 62.1 Å². The molecule has 0 radical (unpaired) electrons. The van der Waals surface area contributed by atoms with Crippen molar-refractivity contribution in [2.45, 2.75) is 154 Å². The predicted octanol–water partition coefficient (Wildman–Crippen LogP) is 8.83.